The molecule has 0 amide bonds. The molecule has 14 heavy (non-hydrogen) atoms. The summed E-state index contributed by atoms with van der Waals surface area (Å²) in [4.78, 5) is 0. The molecule has 0 bridgehead atoms. The molecule has 0 aromatic heterocycles. The monoisotopic (exact) mass is 223 g/mol. The summed E-state index contributed by atoms with van der Waals surface area (Å²) >= 11 is 5.44. The summed E-state index contributed by atoms with van der Waals surface area (Å²) in [6.45, 7) is -0.730. The number of hydrogen-bond donors (Lipinski definition) is 1. The summed E-state index contributed by atoms with van der Waals surface area (Å²) in [5, 5.41) is -0.212. The molecular weight excluding hydrogens is 215 g/mol. The fourth-order valence-corrected chi connectivity index (χ4v) is 1.31. The van der Waals surface area contributed by atoms with Crippen molar-refractivity contribution in [2.75, 3.05) is 6.67 Å². The Morgan fingerprint density at radius 2 is 2.00 bits per heavy atom. The van der Waals surface area contributed by atoms with Crippen molar-refractivity contribution in [3.05, 3.63) is 34.4 Å². The molecule has 78 valence electrons. The largest absolute Gasteiger partial charge is 0.324 e. The molecule has 0 aliphatic heterocycles. The van der Waals surface area contributed by atoms with Gasteiger partial charge >= 0.3 is 0 Å². The maximum Gasteiger partial charge on any atom is 0.149 e. The molecule has 1 nitrogen and oxygen atoms in total. The summed E-state index contributed by atoms with van der Waals surface area (Å²) in [5.74, 6) is -1.71. The molecule has 0 heterocycles. The van der Waals surface area contributed by atoms with Crippen molar-refractivity contribution in [2.45, 2.75) is 12.5 Å². The Bertz CT molecular complexity index is 330. The van der Waals surface area contributed by atoms with Gasteiger partial charge in [0.05, 0.1) is 11.7 Å². The van der Waals surface area contributed by atoms with E-state index in [2.05, 4.69) is 0 Å². The molecule has 1 aromatic carbocycles. The van der Waals surface area contributed by atoms with E-state index in [0.717, 1.165) is 12.1 Å². The van der Waals surface area contributed by atoms with Gasteiger partial charge in [0.1, 0.15) is 11.6 Å². The highest BCUT2D eigenvalue weighted by Gasteiger charge is 2.18. The number of alkyl halides is 1. The van der Waals surface area contributed by atoms with Crippen LogP contribution in [-0.4, -0.2) is 6.67 Å². The number of nitrogens with two attached hydrogens (primary N) is 1. The first-order valence-electron chi connectivity index (χ1n) is 4.03. The van der Waals surface area contributed by atoms with E-state index in [4.69, 9.17) is 17.3 Å². The van der Waals surface area contributed by atoms with E-state index in [-0.39, 0.29) is 17.0 Å². The molecule has 1 aromatic rings. The first-order chi connectivity index (χ1) is 6.57. The molecule has 0 radical (unpaired) electrons. The van der Waals surface area contributed by atoms with Gasteiger partial charge in [-0.1, -0.05) is 11.6 Å². The predicted molar refractivity (Wildman–Crippen MR) is 48.9 cm³/mol. The minimum Gasteiger partial charge on any atom is -0.324 e. The van der Waals surface area contributed by atoms with E-state index in [1.165, 1.54) is 0 Å². The molecule has 0 spiro atoms. The second-order valence-electron chi connectivity index (χ2n) is 2.84. The first-order valence-corrected chi connectivity index (χ1v) is 4.40. The first kappa shape index (κ1) is 11.3. The van der Waals surface area contributed by atoms with Gasteiger partial charge in [0, 0.05) is 11.6 Å². The maximum absolute atomic E-state index is 13.3. The van der Waals surface area contributed by atoms with Crippen molar-refractivity contribution in [2.24, 2.45) is 5.73 Å². The van der Waals surface area contributed by atoms with Crippen molar-refractivity contribution in [1.82, 2.24) is 0 Å². The lowest BCUT2D eigenvalue weighted by molar-refractivity contribution is 0.425. The molecule has 5 heteroatoms. The highest BCUT2D eigenvalue weighted by molar-refractivity contribution is 6.30. The zero-order chi connectivity index (χ0) is 10.7. The smallest absolute Gasteiger partial charge is 0.149 e. The normalized spacial score (nSPS) is 12.9. The molecule has 1 atom stereocenters. The van der Waals surface area contributed by atoms with Gasteiger partial charge in [-0.2, -0.15) is 0 Å². The minimum atomic E-state index is -1.00. The van der Waals surface area contributed by atoms with E-state index in [0.29, 0.717) is 0 Å². The Hall–Kier alpha value is -0.740. The van der Waals surface area contributed by atoms with Crippen molar-refractivity contribution in [3.63, 3.8) is 0 Å². The quantitative estimate of drug-likeness (QED) is 0.784. The number of benzene rings is 1. The molecule has 1 rings (SSSR count). The Labute approximate surface area is 84.7 Å². The van der Waals surface area contributed by atoms with Gasteiger partial charge in [0.15, 0.2) is 0 Å². The number of hydrogen-bond acceptors (Lipinski definition) is 1. The Morgan fingerprint density at radius 3 is 2.57 bits per heavy atom. The summed E-state index contributed by atoms with van der Waals surface area (Å²) in [6.07, 6.45) is -0.131. The van der Waals surface area contributed by atoms with Gasteiger partial charge in [0.25, 0.3) is 0 Å². The Balaban J connectivity index is 3.11. The van der Waals surface area contributed by atoms with Crippen LogP contribution in [0.5, 0.6) is 0 Å². The maximum atomic E-state index is 13.3. The van der Waals surface area contributed by atoms with Crippen LogP contribution in [0.15, 0.2) is 12.1 Å². The topological polar surface area (TPSA) is 26.0 Å². The van der Waals surface area contributed by atoms with Crippen LogP contribution in [0.1, 0.15) is 18.0 Å². The van der Waals surface area contributed by atoms with Crippen LogP contribution < -0.4 is 5.73 Å². The van der Waals surface area contributed by atoms with Gasteiger partial charge in [-0.3, -0.25) is 4.39 Å². The second-order valence-corrected chi connectivity index (χ2v) is 3.25. The fraction of sp³-hybridized carbons (Fsp3) is 0.333. The second kappa shape index (κ2) is 4.66. The van der Waals surface area contributed by atoms with Gasteiger partial charge in [-0.05, 0) is 18.6 Å². The van der Waals surface area contributed by atoms with E-state index < -0.39 is 24.4 Å². The van der Waals surface area contributed by atoms with Crippen LogP contribution in [0.25, 0.3) is 0 Å². The molecule has 0 unspecified atom stereocenters. The highest BCUT2D eigenvalue weighted by atomic mass is 35.5. The lowest BCUT2D eigenvalue weighted by atomic mass is 10.0. The molecule has 0 fully saturated rings. The summed E-state index contributed by atoms with van der Waals surface area (Å²) in [7, 11) is 0. The van der Waals surface area contributed by atoms with Crippen molar-refractivity contribution in [1.29, 1.82) is 0 Å². The van der Waals surface area contributed by atoms with Crippen molar-refractivity contribution in [3.8, 4) is 0 Å². The van der Waals surface area contributed by atoms with Crippen LogP contribution in [0.3, 0.4) is 0 Å². The van der Waals surface area contributed by atoms with Crippen LogP contribution in [0.4, 0.5) is 13.2 Å². The van der Waals surface area contributed by atoms with Crippen LogP contribution in [0.2, 0.25) is 5.02 Å². The van der Waals surface area contributed by atoms with Gasteiger partial charge in [0.2, 0.25) is 0 Å². The van der Waals surface area contributed by atoms with Gasteiger partial charge in [-0.25, -0.2) is 8.78 Å². The lowest BCUT2D eigenvalue weighted by Crippen LogP contribution is -2.15. The molecular formula is C9H9ClF3N. The Kier molecular flexibility index (Phi) is 3.77. The van der Waals surface area contributed by atoms with Crippen LogP contribution in [-0.2, 0) is 0 Å². The highest BCUT2D eigenvalue weighted by Crippen LogP contribution is 2.26. The SMILES string of the molecule is N[C@H](CCF)c1c(F)ccc(Cl)c1F. The average molecular weight is 224 g/mol. The minimum absolute atomic E-state index is 0.131. The number of rotatable bonds is 3. The standard InChI is InChI=1S/C9H9ClF3N/c10-5-1-2-6(12)8(9(5)13)7(14)3-4-11/h1-2,7H,3-4,14H2/t7-/m1/s1. The zero-order valence-electron chi connectivity index (χ0n) is 7.24. The van der Waals surface area contributed by atoms with Crippen molar-refractivity contribution < 1.29 is 13.2 Å². The molecule has 0 saturated heterocycles. The van der Waals surface area contributed by atoms with Gasteiger partial charge in [-0.15, -0.1) is 0 Å². The fourth-order valence-electron chi connectivity index (χ4n) is 1.14. The summed E-state index contributed by atoms with van der Waals surface area (Å²) in [6, 6.07) is 1.11. The molecule has 2 N–H and O–H groups in total. The summed E-state index contributed by atoms with van der Waals surface area (Å²) < 4.78 is 38.3. The third-order valence-electron chi connectivity index (χ3n) is 1.87. The molecule has 0 aliphatic rings. The van der Waals surface area contributed by atoms with Crippen molar-refractivity contribution >= 4 is 11.6 Å². The van der Waals surface area contributed by atoms with E-state index in [9.17, 15) is 13.2 Å². The summed E-state index contributed by atoms with van der Waals surface area (Å²) in [5.41, 5.74) is 5.05. The predicted octanol–water partition coefficient (Wildman–Crippen LogP) is 2.98. The molecule has 0 saturated carbocycles. The number of halogens is 4. The third-order valence-corrected chi connectivity index (χ3v) is 2.16. The van der Waals surface area contributed by atoms with E-state index in [1.54, 1.807) is 0 Å². The lowest BCUT2D eigenvalue weighted by Gasteiger charge is -2.12. The molecule has 0 aliphatic carbocycles. The Morgan fingerprint density at radius 1 is 1.36 bits per heavy atom. The van der Waals surface area contributed by atoms with E-state index >= 15 is 0 Å². The average Bonchev–Trinajstić information content (AvgIpc) is 2.13. The van der Waals surface area contributed by atoms with Gasteiger partial charge < -0.3 is 5.73 Å². The van der Waals surface area contributed by atoms with Crippen LogP contribution in [0, 0.1) is 11.6 Å². The third kappa shape index (κ3) is 2.19. The van der Waals surface area contributed by atoms with E-state index in [1.807, 2.05) is 0 Å². The van der Waals surface area contributed by atoms with Crippen LogP contribution >= 0.6 is 11.6 Å². The zero-order valence-corrected chi connectivity index (χ0v) is 7.99.